The van der Waals surface area contributed by atoms with E-state index in [9.17, 15) is 13.2 Å². The van der Waals surface area contributed by atoms with Crippen molar-refractivity contribution in [1.82, 2.24) is 0 Å². The molecule has 0 bridgehead atoms. The molecular formula is C12H18N2O5S. The smallest absolute Gasteiger partial charge is 0.238 e. The van der Waals surface area contributed by atoms with Crippen LogP contribution in [0.3, 0.4) is 0 Å². The lowest BCUT2D eigenvalue weighted by atomic mass is 10.2. The van der Waals surface area contributed by atoms with Crippen LogP contribution < -0.4 is 15.2 Å². The third-order valence-electron chi connectivity index (χ3n) is 2.56. The van der Waals surface area contributed by atoms with Gasteiger partial charge >= 0.3 is 0 Å². The number of ether oxygens (including phenoxy) is 1. The number of aliphatic hydroxyl groups excluding tert-OH is 1. The Hall–Kier alpha value is -1.64. The average Bonchev–Trinajstić information content (AvgIpc) is 2.35. The number of carbonyl (C=O) groups excluding carboxylic acids is 1. The lowest BCUT2D eigenvalue weighted by Crippen LogP contribution is -2.16. The molecule has 0 saturated carbocycles. The number of rotatable bonds is 6. The van der Waals surface area contributed by atoms with Gasteiger partial charge < -0.3 is 15.2 Å². The molecule has 1 unspecified atom stereocenters. The average molecular weight is 302 g/mol. The zero-order valence-corrected chi connectivity index (χ0v) is 12.1. The molecule has 1 aromatic rings. The number of carbonyl (C=O) groups is 1. The Labute approximate surface area is 117 Å². The summed E-state index contributed by atoms with van der Waals surface area (Å²) in [6.07, 6.45) is -0.165. The van der Waals surface area contributed by atoms with Gasteiger partial charge in [-0.15, -0.1) is 0 Å². The molecule has 112 valence electrons. The van der Waals surface area contributed by atoms with Gasteiger partial charge in [0.1, 0.15) is 5.75 Å². The van der Waals surface area contributed by atoms with E-state index in [0.717, 1.165) is 0 Å². The van der Waals surface area contributed by atoms with Gasteiger partial charge in [-0.25, -0.2) is 13.6 Å². The Kier molecular flexibility index (Phi) is 5.49. The number of benzene rings is 1. The van der Waals surface area contributed by atoms with Gasteiger partial charge in [-0.1, -0.05) is 0 Å². The molecule has 0 aliphatic heterocycles. The highest BCUT2D eigenvalue weighted by Crippen LogP contribution is 2.27. The van der Waals surface area contributed by atoms with Crippen molar-refractivity contribution in [3.63, 3.8) is 0 Å². The molecule has 1 atom stereocenters. The molecule has 4 N–H and O–H groups in total. The van der Waals surface area contributed by atoms with Gasteiger partial charge in [-0.05, 0) is 31.5 Å². The van der Waals surface area contributed by atoms with E-state index in [1.54, 1.807) is 6.92 Å². The van der Waals surface area contributed by atoms with E-state index < -0.39 is 16.1 Å². The summed E-state index contributed by atoms with van der Waals surface area (Å²) in [7, 11) is -2.46. The van der Waals surface area contributed by atoms with Crippen molar-refractivity contribution in [2.24, 2.45) is 5.14 Å². The molecule has 0 saturated heterocycles. The maximum atomic E-state index is 11.7. The second-order valence-corrected chi connectivity index (χ2v) is 5.90. The standard InChI is InChI=1S/C12H18N2O5S/c1-8(15)3-6-12(16)14-10-7-9(20(13,17)18)4-5-11(10)19-2/h4-5,7-8,15H,3,6H2,1-2H3,(H,14,16)(H2,13,17,18). The van der Waals surface area contributed by atoms with E-state index >= 15 is 0 Å². The zero-order valence-electron chi connectivity index (χ0n) is 11.3. The molecule has 20 heavy (non-hydrogen) atoms. The minimum Gasteiger partial charge on any atom is -0.495 e. The summed E-state index contributed by atoms with van der Waals surface area (Å²) in [6.45, 7) is 1.58. The molecule has 0 aromatic heterocycles. The Morgan fingerprint density at radius 1 is 1.50 bits per heavy atom. The largest absolute Gasteiger partial charge is 0.495 e. The summed E-state index contributed by atoms with van der Waals surface area (Å²) in [4.78, 5) is 11.6. The van der Waals surface area contributed by atoms with E-state index in [4.69, 9.17) is 15.0 Å². The van der Waals surface area contributed by atoms with E-state index in [0.29, 0.717) is 12.2 Å². The van der Waals surface area contributed by atoms with Crippen LogP contribution in [0.4, 0.5) is 5.69 Å². The molecule has 0 spiro atoms. The number of sulfonamides is 1. The molecule has 7 nitrogen and oxygen atoms in total. The summed E-state index contributed by atoms with van der Waals surface area (Å²) in [5.74, 6) is -0.0291. The topological polar surface area (TPSA) is 119 Å². The number of anilines is 1. The monoisotopic (exact) mass is 302 g/mol. The quantitative estimate of drug-likeness (QED) is 0.704. The molecule has 1 aromatic carbocycles. The van der Waals surface area contributed by atoms with Gasteiger partial charge in [0.2, 0.25) is 15.9 Å². The van der Waals surface area contributed by atoms with Crippen molar-refractivity contribution in [2.45, 2.75) is 30.8 Å². The van der Waals surface area contributed by atoms with Crippen molar-refractivity contribution in [3.05, 3.63) is 18.2 Å². The van der Waals surface area contributed by atoms with Gasteiger partial charge in [0.15, 0.2) is 0 Å². The Morgan fingerprint density at radius 3 is 2.65 bits per heavy atom. The second-order valence-electron chi connectivity index (χ2n) is 4.34. The summed E-state index contributed by atoms with van der Waals surface area (Å²) >= 11 is 0. The number of amides is 1. The fraction of sp³-hybridized carbons (Fsp3) is 0.417. The van der Waals surface area contributed by atoms with Crippen molar-refractivity contribution in [1.29, 1.82) is 0 Å². The second kappa shape index (κ2) is 6.69. The molecular weight excluding hydrogens is 284 g/mol. The SMILES string of the molecule is COc1ccc(S(N)(=O)=O)cc1NC(=O)CCC(C)O. The van der Waals surface area contributed by atoms with E-state index in [2.05, 4.69) is 5.32 Å². The number of hydrogen-bond donors (Lipinski definition) is 3. The number of nitrogens with one attached hydrogen (secondary N) is 1. The van der Waals surface area contributed by atoms with Crippen LogP contribution in [0.5, 0.6) is 5.75 Å². The summed E-state index contributed by atoms with van der Waals surface area (Å²) in [5, 5.41) is 16.7. The van der Waals surface area contributed by atoms with E-state index in [1.165, 1.54) is 25.3 Å². The van der Waals surface area contributed by atoms with Crippen molar-refractivity contribution in [3.8, 4) is 5.75 Å². The third kappa shape index (κ3) is 4.80. The highest BCUT2D eigenvalue weighted by atomic mass is 32.2. The maximum Gasteiger partial charge on any atom is 0.238 e. The lowest BCUT2D eigenvalue weighted by Gasteiger charge is -2.12. The minimum atomic E-state index is -3.86. The molecule has 0 radical (unpaired) electrons. The Balaban J connectivity index is 2.95. The lowest BCUT2D eigenvalue weighted by molar-refractivity contribution is -0.116. The number of nitrogens with two attached hydrogens (primary N) is 1. The molecule has 0 aliphatic carbocycles. The van der Waals surface area contributed by atoms with E-state index in [1.807, 2.05) is 0 Å². The van der Waals surface area contributed by atoms with Crippen LogP contribution in [0, 0.1) is 0 Å². The summed E-state index contributed by atoms with van der Waals surface area (Å²) in [6, 6.07) is 3.93. The molecule has 1 amide bonds. The summed E-state index contributed by atoms with van der Waals surface area (Å²) in [5.41, 5.74) is 0.217. The minimum absolute atomic E-state index is 0.112. The van der Waals surface area contributed by atoms with E-state index in [-0.39, 0.29) is 22.9 Å². The normalized spacial score (nSPS) is 12.8. The van der Waals surface area contributed by atoms with Crippen LogP contribution in [0.15, 0.2) is 23.1 Å². The van der Waals surface area contributed by atoms with Crippen LogP contribution in [-0.4, -0.2) is 32.6 Å². The predicted octanol–water partition coefficient (Wildman–Crippen LogP) is 0.442. The highest BCUT2D eigenvalue weighted by molar-refractivity contribution is 7.89. The van der Waals surface area contributed by atoms with Crippen LogP contribution in [0.1, 0.15) is 19.8 Å². The van der Waals surface area contributed by atoms with Crippen molar-refractivity contribution >= 4 is 21.6 Å². The first-order chi connectivity index (χ1) is 9.24. The van der Waals surface area contributed by atoms with Crippen LogP contribution in [-0.2, 0) is 14.8 Å². The predicted molar refractivity (Wildman–Crippen MR) is 73.9 cm³/mol. The number of hydrogen-bond acceptors (Lipinski definition) is 5. The van der Waals surface area contributed by atoms with Crippen LogP contribution >= 0.6 is 0 Å². The maximum absolute atomic E-state index is 11.7. The molecule has 8 heteroatoms. The first-order valence-corrected chi connectivity index (χ1v) is 7.47. The number of aliphatic hydroxyl groups is 1. The first kappa shape index (κ1) is 16.4. The zero-order chi connectivity index (χ0) is 15.3. The molecule has 0 fully saturated rings. The van der Waals surface area contributed by atoms with Gasteiger partial charge in [-0.3, -0.25) is 4.79 Å². The van der Waals surface area contributed by atoms with Gasteiger partial charge in [0, 0.05) is 6.42 Å². The number of primary sulfonamides is 1. The van der Waals surface area contributed by atoms with Crippen LogP contribution in [0.25, 0.3) is 0 Å². The van der Waals surface area contributed by atoms with Gasteiger partial charge in [0.05, 0.1) is 23.8 Å². The molecule has 0 heterocycles. The number of methoxy groups -OCH3 is 1. The third-order valence-corrected chi connectivity index (χ3v) is 3.47. The van der Waals surface area contributed by atoms with Crippen molar-refractivity contribution in [2.75, 3.05) is 12.4 Å². The fourth-order valence-corrected chi connectivity index (χ4v) is 2.05. The molecule has 0 aliphatic rings. The fourth-order valence-electron chi connectivity index (χ4n) is 1.51. The van der Waals surface area contributed by atoms with Crippen LogP contribution in [0.2, 0.25) is 0 Å². The Morgan fingerprint density at radius 2 is 2.15 bits per heavy atom. The Bertz CT molecular complexity index is 584. The van der Waals surface area contributed by atoms with Gasteiger partial charge in [-0.2, -0.15) is 0 Å². The first-order valence-electron chi connectivity index (χ1n) is 5.93. The van der Waals surface area contributed by atoms with Crippen molar-refractivity contribution < 1.29 is 23.1 Å². The summed E-state index contributed by atoms with van der Waals surface area (Å²) < 4.78 is 27.6. The molecule has 1 rings (SSSR count). The van der Waals surface area contributed by atoms with Gasteiger partial charge in [0.25, 0.3) is 0 Å². The highest BCUT2D eigenvalue weighted by Gasteiger charge is 2.14.